The smallest absolute Gasteiger partial charge is 0.462 e. The van der Waals surface area contributed by atoms with Crippen molar-refractivity contribution in [2.24, 2.45) is 0 Å². The van der Waals surface area contributed by atoms with E-state index in [0.29, 0.717) is 25.7 Å². The van der Waals surface area contributed by atoms with Crippen LogP contribution in [0.1, 0.15) is 336 Å². The van der Waals surface area contributed by atoms with Crippen molar-refractivity contribution in [2.45, 2.75) is 354 Å². The van der Waals surface area contributed by atoms with Gasteiger partial charge < -0.3 is 33.8 Å². The number of rotatable bonds is 72. The van der Waals surface area contributed by atoms with Gasteiger partial charge >= 0.3 is 39.5 Å². The highest BCUT2D eigenvalue weighted by Gasteiger charge is 2.30. The summed E-state index contributed by atoms with van der Waals surface area (Å²) in [5.74, 6) is -2.19. The molecule has 0 aromatic rings. The summed E-state index contributed by atoms with van der Waals surface area (Å²) in [5, 5.41) is 10.6. The summed E-state index contributed by atoms with van der Waals surface area (Å²) in [6.45, 7) is 4.70. The van der Waals surface area contributed by atoms with Gasteiger partial charge in [-0.25, -0.2) is 9.13 Å². The van der Waals surface area contributed by atoms with E-state index in [0.717, 1.165) is 154 Å². The summed E-state index contributed by atoms with van der Waals surface area (Å²) in [7, 11) is -9.94. The zero-order valence-electron chi connectivity index (χ0n) is 60.8. The molecule has 558 valence electrons. The molecule has 19 heteroatoms. The number of allylic oxidation sites excluding steroid dienone is 12. The van der Waals surface area contributed by atoms with E-state index < -0.39 is 97.5 Å². The summed E-state index contributed by atoms with van der Waals surface area (Å²) < 4.78 is 68.4. The Kier molecular flexibility index (Phi) is 67.4. The molecule has 5 atom stereocenters. The van der Waals surface area contributed by atoms with Crippen molar-refractivity contribution in [1.82, 2.24) is 0 Å². The number of phosphoric acid groups is 2. The first-order valence-electron chi connectivity index (χ1n) is 38.2. The fourth-order valence-corrected chi connectivity index (χ4v) is 11.9. The number of aliphatic hydroxyl groups is 1. The van der Waals surface area contributed by atoms with Crippen LogP contribution in [0.5, 0.6) is 0 Å². The molecule has 3 N–H and O–H groups in total. The molecular formula is C77H138O17P2. The average molecular weight is 1400 g/mol. The average Bonchev–Trinajstić information content (AvgIpc) is 3.12. The molecule has 0 saturated carbocycles. The minimum atomic E-state index is -4.97. The molecule has 0 radical (unpaired) electrons. The van der Waals surface area contributed by atoms with Crippen LogP contribution in [0.15, 0.2) is 72.9 Å². The van der Waals surface area contributed by atoms with E-state index in [1.54, 1.807) is 0 Å². The van der Waals surface area contributed by atoms with Crippen LogP contribution < -0.4 is 0 Å². The highest BCUT2D eigenvalue weighted by atomic mass is 31.2. The maximum atomic E-state index is 13.1. The van der Waals surface area contributed by atoms with Gasteiger partial charge in [0.15, 0.2) is 12.2 Å². The van der Waals surface area contributed by atoms with E-state index in [1.165, 1.54) is 103 Å². The first-order chi connectivity index (χ1) is 46.7. The van der Waals surface area contributed by atoms with Crippen LogP contribution in [0.25, 0.3) is 0 Å². The van der Waals surface area contributed by atoms with Crippen LogP contribution in [-0.2, 0) is 65.4 Å². The topological polar surface area (TPSA) is 237 Å². The number of carbonyl (C=O) groups excluding carboxylic acids is 4. The molecule has 17 nitrogen and oxygen atoms in total. The molecular weight excluding hydrogens is 1260 g/mol. The molecule has 0 aromatic carbocycles. The third-order valence-electron chi connectivity index (χ3n) is 16.2. The number of ether oxygens (including phenoxy) is 4. The van der Waals surface area contributed by atoms with E-state index in [1.807, 2.05) is 0 Å². The number of esters is 4. The number of phosphoric ester groups is 2. The van der Waals surface area contributed by atoms with Crippen LogP contribution >= 0.6 is 15.6 Å². The van der Waals surface area contributed by atoms with Crippen LogP contribution in [0.4, 0.5) is 0 Å². The number of unbranched alkanes of at least 4 members (excludes halogenated alkanes) is 34. The summed E-state index contributed by atoms with van der Waals surface area (Å²) in [5.41, 5.74) is 0. The molecule has 5 unspecified atom stereocenters. The Morgan fingerprint density at radius 2 is 0.562 bits per heavy atom. The molecule has 0 fully saturated rings. The first-order valence-corrected chi connectivity index (χ1v) is 41.2. The Balaban J connectivity index is 5.33. The molecule has 0 amide bonds. The van der Waals surface area contributed by atoms with Crippen molar-refractivity contribution in [3.63, 3.8) is 0 Å². The molecule has 0 aliphatic carbocycles. The predicted molar refractivity (Wildman–Crippen MR) is 390 cm³/mol. The summed E-state index contributed by atoms with van der Waals surface area (Å²) in [6.07, 6.45) is 68.9. The normalized spacial score (nSPS) is 14.4. The highest BCUT2D eigenvalue weighted by molar-refractivity contribution is 7.47. The second-order valence-corrected chi connectivity index (χ2v) is 28.5. The van der Waals surface area contributed by atoms with Gasteiger partial charge in [0.05, 0.1) is 26.4 Å². The second kappa shape index (κ2) is 70.0. The minimum Gasteiger partial charge on any atom is -0.462 e. The van der Waals surface area contributed by atoms with Gasteiger partial charge in [-0.15, -0.1) is 0 Å². The molecule has 0 aliphatic heterocycles. The maximum Gasteiger partial charge on any atom is 0.472 e. The summed E-state index contributed by atoms with van der Waals surface area (Å²) in [4.78, 5) is 72.8. The SMILES string of the molecule is CC/C=C\C/C=C\C/C=C\C/C=C\CCCCCCC(=O)OCC(COP(=O)(O)OCC(O)COP(=O)(O)OCC(COC(=O)CCCCCCC/C=C\C/C=C\CCC)OC(=O)CCCCCCCCCCCCCCC)OC(=O)CCCCCCCCCCCCCCC. The largest absolute Gasteiger partial charge is 0.472 e. The van der Waals surface area contributed by atoms with Crippen molar-refractivity contribution in [3.05, 3.63) is 72.9 Å². The number of carbonyl (C=O) groups is 4. The monoisotopic (exact) mass is 1400 g/mol. The maximum absolute atomic E-state index is 13.1. The van der Waals surface area contributed by atoms with Gasteiger partial charge in [-0.3, -0.25) is 37.3 Å². The Hall–Kier alpha value is -3.50. The van der Waals surface area contributed by atoms with Gasteiger partial charge in [0.2, 0.25) is 0 Å². The van der Waals surface area contributed by atoms with E-state index in [-0.39, 0.29) is 25.7 Å². The third-order valence-corrected chi connectivity index (χ3v) is 18.1. The van der Waals surface area contributed by atoms with Crippen molar-refractivity contribution in [2.75, 3.05) is 39.6 Å². The van der Waals surface area contributed by atoms with Crippen molar-refractivity contribution >= 4 is 39.5 Å². The second-order valence-electron chi connectivity index (χ2n) is 25.6. The number of hydrogen-bond acceptors (Lipinski definition) is 15. The van der Waals surface area contributed by atoms with Gasteiger partial charge in [0, 0.05) is 25.7 Å². The van der Waals surface area contributed by atoms with Gasteiger partial charge in [0.1, 0.15) is 19.3 Å². The Bertz CT molecular complexity index is 2110. The fourth-order valence-electron chi connectivity index (χ4n) is 10.4. The van der Waals surface area contributed by atoms with Gasteiger partial charge in [0.25, 0.3) is 0 Å². The first kappa shape index (κ1) is 92.5. The molecule has 0 saturated heterocycles. The minimum absolute atomic E-state index is 0.0942. The number of aliphatic hydroxyl groups excluding tert-OH is 1. The molecule has 0 rings (SSSR count). The lowest BCUT2D eigenvalue weighted by Gasteiger charge is -2.21. The van der Waals surface area contributed by atoms with Gasteiger partial charge in [-0.2, -0.15) is 0 Å². The molecule has 0 spiro atoms. The molecule has 0 heterocycles. The number of hydrogen-bond donors (Lipinski definition) is 3. The highest BCUT2D eigenvalue weighted by Crippen LogP contribution is 2.45. The zero-order valence-corrected chi connectivity index (χ0v) is 62.6. The van der Waals surface area contributed by atoms with Crippen LogP contribution in [0, 0.1) is 0 Å². The van der Waals surface area contributed by atoms with Crippen LogP contribution in [0.2, 0.25) is 0 Å². The zero-order chi connectivity index (χ0) is 70.4. The van der Waals surface area contributed by atoms with Crippen molar-refractivity contribution in [1.29, 1.82) is 0 Å². The fraction of sp³-hybridized carbons (Fsp3) is 0.792. The summed E-state index contributed by atoms with van der Waals surface area (Å²) in [6, 6.07) is 0. The summed E-state index contributed by atoms with van der Waals surface area (Å²) >= 11 is 0. The Morgan fingerprint density at radius 3 is 0.875 bits per heavy atom. The van der Waals surface area contributed by atoms with E-state index in [2.05, 4.69) is 101 Å². The molecule has 96 heavy (non-hydrogen) atoms. The molecule has 0 aromatic heterocycles. The third kappa shape index (κ3) is 69.0. The predicted octanol–water partition coefficient (Wildman–Crippen LogP) is 21.7. The lowest BCUT2D eigenvalue weighted by Crippen LogP contribution is -2.30. The van der Waals surface area contributed by atoms with Crippen LogP contribution in [0.3, 0.4) is 0 Å². The lowest BCUT2D eigenvalue weighted by atomic mass is 10.0. The van der Waals surface area contributed by atoms with E-state index in [4.69, 9.17) is 37.0 Å². The quantitative estimate of drug-likeness (QED) is 0.0169. The van der Waals surface area contributed by atoms with E-state index in [9.17, 15) is 43.2 Å². The van der Waals surface area contributed by atoms with Crippen LogP contribution in [-0.4, -0.2) is 96.7 Å². The van der Waals surface area contributed by atoms with Gasteiger partial charge in [-0.05, 0) is 89.9 Å². The van der Waals surface area contributed by atoms with Crippen molar-refractivity contribution in [3.8, 4) is 0 Å². The standard InChI is InChI=1S/C77H138O17P2/c1-5-9-13-17-21-25-29-33-34-35-36-40-42-46-50-54-58-62-75(80)88-68-73(94-77(82)64-60-56-52-48-44-39-32-28-24-20-16-12-8-4)70-92-96(85,86)90-66-71(78)65-89-95(83,84)91-69-72(93-76(81)63-59-55-51-47-43-38-31-27-23-19-15-11-7-3)67-87-74(79)61-57-53-49-45-41-37-30-26-22-18-14-10-6-2/h9,13-14,18,21,25-26,30,33-34,36,40,71-73,78H,5-8,10-12,15-17,19-20,22-24,27-29,31-32,35,37-39,41-70H2,1-4H3,(H,83,84)(H,85,86)/b13-9-,18-14-,25-21-,30-26-,34-33-,40-36-. The molecule has 0 aliphatic rings. The van der Waals surface area contributed by atoms with Gasteiger partial charge in [-0.1, -0.05) is 293 Å². The Morgan fingerprint density at radius 1 is 0.302 bits per heavy atom. The molecule has 0 bridgehead atoms. The van der Waals surface area contributed by atoms with Crippen molar-refractivity contribution < 1.29 is 80.2 Å². The van der Waals surface area contributed by atoms with E-state index >= 15 is 0 Å². The lowest BCUT2D eigenvalue weighted by molar-refractivity contribution is -0.161. The Labute approximate surface area is 583 Å².